The molecule has 2 aliphatic rings. The average molecular weight is 334 g/mol. The molecule has 1 unspecified atom stereocenters. The van der Waals surface area contributed by atoms with E-state index >= 15 is 0 Å². The molecule has 1 aromatic rings. The first-order valence-corrected chi connectivity index (χ1v) is 8.44. The normalized spacial score (nSPS) is 21.7. The van der Waals surface area contributed by atoms with Gasteiger partial charge in [-0.1, -0.05) is 20.8 Å². The predicted octanol–water partition coefficient (Wildman–Crippen LogP) is 1.78. The summed E-state index contributed by atoms with van der Waals surface area (Å²) in [5, 5.41) is 12.8. The molecule has 1 aromatic heterocycles. The smallest absolute Gasteiger partial charge is 0.407 e. The number of rotatable bonds is 1. The summed E-state index contributed by atoms with van der Waals surface area (Å²) in [5.41, 5.74) is 0.927. The predicted molar refractivity (Wildman–Crippen MR) is 91.6 cm³/mol. The molecule has 24 heavy (non-hydrogen) atoms. The molecule has 1 saturated heterocycles. The van der Waals surface area contributed by atoms with Crippen molar-refractivity contribution >= 4 is 11.9 Å². The summed E-state index contributed by atoms with van der Waals surface area (Å²) in [4.78, 5) is 20.0. The van der Waals surface area contributed by atoms with Gasteiger partial charge in [-0.2, -0.15) is 4.98 Å². The van der Waals surface area contributed by atoms with Crippen molar-refractivity contribution in [3.05, 3.63) is 17.7 Å². The molecule has 0 spiro atoms. The van der Waals surface area contributed by atoms with Crippen molar-refractivity contribution < 1.29 is 14.6 Å². The highest BCUT2D eigenvalue weighted by Gasteiger charge is 2.38. The van der Waals surface area contributed by atoms with Gasteiger partial charge in [0, 0.05) is 38.3 Å². The zero-order valence-electron chi connectivity index (χ0n) is 14.6. The molecule has 7 nitrogen and oxygen atoms in total. The molecule has 3 heterocycles. The summed E-state index contributed by atoms with van der Waals surface area (Å²) in [6, 6.07) is 3.98. The van der Waals surface area contributed by atoms with Gasteiger partial charge in [-0.15, -0.1) is 0 Å². The summed E-state index contributed by atoms with van der Waals surface area (Å²) < 4.78 is 5.73. The van der Waals surface area contributed by atoms with Crippen LogP contribution in [0.5, 0.6) is 5.88 Å². The Morgan fingerprint density at radius 2 is 2.17 bits per heavy atom. The molecule has 0 aliphatic carbocycles. The Hall–Kier alpha value is -2.02. The molecule has 0 saturated carbocycles. The van der Waals surface area contributed by atoms with Crippen molar-refractivity contribution in [2.45, 2.75) is 33.4 Å². The Balaban J connectivity index is 1.83. The lowest BCUT2D eigenvalue weighted by Crippen LogP contribution is -2.59. The summed E-state index contributed by atoms with van der Waals surface area (Å²) in [6.07, 6.45) is -0.848. The third-order valence-electron chi connectivity index (χ3n) is 4.71. The second-order valence-corrected chi connectivity index (χ2v) is 7.46. The Labute approximate surface area is 142 Å². The van der Waals surface area contributed by atoms with Gasteiger partial charge in [0.25, 0.3) is 0 Å². The van der Waals surface area contributed by atoms with Crippen LogP contribution in [-0.4, -0.2) is 59.9 Å². The van der Waals surface area contributed by atoms with E-state index < -0.39 is 6.09 Å². The van der Waals surface area contributed by atoms with E-state index in [-0.39, 0.29) is 11.5 Å². The van der Waals surface area contributed by atoms with Gasteiger partial charge < -0.3 is 25.0 Å². The minimum atomic E-state index is -0.848. The number of hydrogen-bond acceptors (Lipinski definition) is 5. The zero-order valence-corrected chi connectivity index (χ0v) is 14.6. The van der Waals surface area contributed by atoms with Crippen LogP contribution in [-0.2, 0) is 6.54 Å². The van der Waals surface area contributed by atoms with Gasteiger partial charge in [-0.3, -0.25) is 0 Å². The molecule has 0 bridgehead atoms. The fraction of sp³-hybridized carbons (Fsp3) is 0.647. The molecule has 2 aliphatic heterocycles. The standard InChI is InChI=1S/C17H26N4O3/c1-17(2,3)13-11-20(7-8-21(13)16(22)23)14-5-4-12-10-18-6-9-24-15(12)19-14/h4-5,13,18H,6-11H2,1-3H3,(H,22,23). The molecular weight excluding hydrogens is 308 g/mol. The van der Waals surface area contributed by atoms with E-state index in [4.69, 9.17) is 4.74 Å². The summed E-state index contributed by atoms with van der Waals surface area (Å²) >= 11 is 0. The largest absolute Gasteiger partial charge is 0.476 e. The number of fused-ring (bicyclic) bond motifs is 1. The quantitative estimate of drug-likeness (QED) is 0.815. The van der Waals surface area contributed by atoms with Crippen LogP contribution < -0.4 is 15.0 Å². The van der Waals surface area contributed by atoms with Crippen molar-refractivity contribution in [2.24, 2.45) is 5.41 Å². The molecule has 0 aromatic carbocycles. The van der Waals surface area contributed by atoms with E-state index in [0.29, 0.717) is 32.1 Å². The van der Waals surface area contributed by atoms with Crippen molar-refractivity contribution in [1.29, 1.82) is 0 Å². The maximum Gasteiger partial charge on any atom is 0.407 e. The van der Waals surface area contributed by atoms with E-state index in [0.717, 1.165) is 24.5 Å². The second-order valence-electron chi connectivity index (χ2n) is 7.46. The number of ether oxygens (including phenoxy) is 1. The second kappa shape index (κ2) is 6.47. The first-order chi connectivity index (χ1) is 11.4. The third-order valence-corrected chi connectivity index (χ3v) is 4.71. The summed E-state index contributed by atoms with van der Waals surface area (Å²) in [5.74, 6) is 1.54. The minimum absolute atomic E-state index is 0.0769. The third kappa shape index (κ3) is 3.40. The van der Waals surface area contributed by atoms with Gasteiger partial charge in [0.05, 0.1) is 6.04 Å². The lowest BCUT2D eigenvalue weighted by atomic mass is 9.84. The fourth-order valence-electron chi connectivity index (χ4n) is 3.30. The van der Waals surface area contributed by atoms with Crippen LogP contribution in [0.4, 0.5) is 10.6 Å². The molecule has 7 heteroatoms. The molecule has 0 radical (unpaired) electrons. The molecule has 1 fully saturated rings. The maximum absolute atomic E-state index is 11.5. The molecule has 132 valence electrons. The SMILES string of the molecule is CC(C)(C)C1CN(c2ccc3c(n2)OCCNC3)CCN1C(=O)O. The van der Waals surface area contributed by atoms with Gasteiger partial charge in [0.2, 0.25) is 5.88 Å². The number of aromatic nitrogens is 1. The molecule has 1 atom stereocenters. The molecule has 3 rings (SSSR count). The number of piperazine rings is 1. The number of nitrogens with zero attached hydrogens (tertiary/aromatic N) is 3. The van der Waals surface area contributed by atoms with E-state index in [9.17, 15) is 9.90 Å². The topological polar surface area (TPSA) is 77.9 Å². The van der Waals surface area contributed by atoms with Crippen LogP contribution in [0.15, 0.2) is 12.1 Å². The number of anilines is 1. The summed E-state index contributed by atoms with van der Waals surface area (Å²) in [6.45, 7) is 10.2. The molecular formula is C17H26N4O3. The molecule has 1 amide bonds. The Bertz CT molecular complexity index is 614. The highest BCUT2D eigenvalue weighted by molar-refractivity contribution is 5.66. The summed E-state index contributed by atoms with van der Waals surface area (Å²) in [7, 11) is 0. The van der Waals surface area contributed by atoms with Crippen LogP contribution in [0.2, 0.25) is 0 Å². The number of pyridine rings is 1. The maximum atomic E-state index is 11.5. The highest BCUT2D eigenvalue weighted by Crippen LogP contribution is 2.30. The lowest BCUT2D eigenvalue weighted by molar-refractivity contribution is 0.0746. The number of amides is 1. The van der Waals surface area contributed by atoms with Crippen LogP contribution in [0.1, 0.15) is 26.3 Å². The van der Waals surface area contributed by atoms with Crippen LogP contribution in [0, 0.1) is 5.41 Å². The van der Waals surface area contributed by atoms with Crippen LogP contribution >= 0.6 is 0 Å². The van der Waals surface area contributed by atoms with E-state index in [1.54, 1.807) is 4.90 Å². The van der Waals surface area contributed by atoms with Gasteiger partial charge in [0.15, 0.2) is 0 Å². The van der Waals surface area contributed by atoms with E-state index in [1.165, 1.54) is 0 Å². The van der Waals surface area contributed by atoms with Crippen LogP contribution in [0.25, 0.3) is 0 Å². The number of hydrogen-bond donors (Lipinski definition) is 2. The Kier molecular flexibility index (Phi) is 4.54. The van der Waals surface area contributed by atoms with Crippen LogP contribution in [0.3, 0.4) is 0 Å². The number of carboxylic acid groups (broad SMARTS) is 1. The van der Waals surface area contributed by atoms with Gasteiger partial charge in [-0.05, 0) is 17.5 Å². The van der Waals surface area contributed by atoms with Gasteiger partial charge >= 0.3 is 6.09 Å². The Morgan fingerprint density at radius 3 is 2.88 bits per heavy atom. The Morgan fingerprint density at radius 1 is 1.38 bits per heavy atom. The first kappa shape index (κ1) is 16.8. The number of carbonyl (C=O) groups is 1. The van der Waals surface area contributed by atoms with Crippen molar-refractivity contribution in [3.63, 3.8) is 0 Å². The first-order valence-electron chi connectivity index (χ1n) is 8.44. The zero-order chi connectivity index (χ0) is 17.3. The van der Waals surface area contributed by atoms with Crippen molar-refractivity contribution in [3.8, 4) is 5.88 Å². The van der Waals surface area contributed by atoms with Gasteiger partial charge in [-0.25, -0.2) is 4.79 Å². The van der Waals surface area contributed by atoms with Crippen molar-refractivity contribution in [2.75, 3.05) is 37.7 Å². The average Bonchev–Trinajstić information content (AvgIpc) is 2.78. The number of nitrogens with one attached hydrogen (secondary N) is 1. The van der Waals surface area contributed by atoms with E-state index in [1.807, 2.05) is 12.1 Å². The fourth-order valence-corrected chi connectivity index (χ4v) is 3.30. The van der Waals surface area contributed by atoms with Crippen molar-refractivity contribution in [1.82, 2.24) is 15.2 Å². The van der Waals surface area contributed by atoms with E-state index in [2.05, 4.69) is 36.0 Å². The van der Waals surface area contributed by atoms with Gasteiger partial charge in [0.1, 0.15) is 12.4 Å². The highest BCUT2D eigenvalue weighted by atomic mass is 16.5. The monoisotopic (exact) mass is 334 g/mol. The minimum Gasteiger partial charge on any atom is -0.476 e. The lowest BCUT2D eigenvalue weighted by Gasteiger charge is -2.46. The molecule has 2 N–H and O–H groups in total.